The standard InChI is InChI=1S/C31H24ClNO6/c1-2-38-24-16-17-26(32)25(18-24)29(35)27-28(19-8-12-21(34)13-9-19)33(31(37)30(27)36)20-10-14-23(15-11-20)39-22-6-4-3-5-7-22/h3-18,28,34-35H,2H2,1H3/b29-27+. The molecule has 0 aliphatic carbocycles. The van der Waals surface area contributed by atoms with Crippen LogP contribution >= 0.6 is 11.6 Å². The maximum atomic E-state index is 13.4. The summed E-state index contributed by atoms with van der Waals surface area (Å²) in [6.07, 6.45) is 0. The fourth-order valence-electron chi connectivity index (χ4n) is 4.46. The number of phenols is 1. The van der Waals surface area contributed by atoms with Gasteiger partial charge in [-0.2, -0.15) is 0 Å². The fraction of sp³-hybridized carbons (Fsp3) is 0.0968. The molecule has 0 spiro atoms. The highest BCUT2D eigenvalue weighted by atomic mass is 35.5. The van der Waals surface area contributed by atoms with E-state index in [1.165, 1.54) is 23.1 Å². The number of Topliss-reactive ketones (excluding diaryl/α,β-unsaturated/α-hetero) is 1. The van der Waals surface area contributed by atoms with Gasteiger partial charge in [0, 0.05) is 11.3 Å². The van der Waals surface area contributed by atoms with E-state index in [1.54, 1.807) is 48.5 Å². The smallest absolute Gasteiger partial charge is 0.300 e. The third kappa shape index (κ3) is 5.17. The second-order valence-corrected chi connectivity index (χ2v) is 9.15. The lowest BCUT2D eigenvalue weighted by Crippen LogP contribution is -2.29. The number of carbonyl (C=O) groups is 2. The molecule has 1 saturated heterocycles. The van der Waals surface area contributed by atoms with Crippen molar-refractivity contribution < 1.29 is 29.3 Å². The summed E-state index contributed by atoms with van der Waals surface area (Å²) >= 11 is 6.40. The number of nitrogens with zero attached hydrogens (tertiary/aromatic N) is 1. The number of aromatic hydroxyl groups is 1. The number of aliphatic hydroxyl groups is 1. The predicted molar refractivity (Wildman–Crippen MR) is 148 cm³/mol. The van der Waals surface area contributed by atoms with Crippen LogP contribution in [0.5, 0.6) is 23.0 Å². The summed E-state index contributed by atoms with van der Waals surface area (Å²) in [7, 11) is 0. The molecular formula is C31H24ClNO6. The van der Waals surface area contributed by atoms with Crippen LogP contribution in [-0.4, -0.2) is 28.5 Å². The average molecular weight is 542 g/mol. The molecule has 1 atom stereocenters. The SMILES string of the molecule is CCOc1ccc(Cl)c(/C(O)=C2\C(=O)C(=O)N(c3ccc(Oc4ccccc4)cc3)C2c2ccc(O)cc2)c1. The summed E-state index contributed by atoms with van der Waals surface area (Å²) in [5.74, 6) is -0.442. The highest BCUT2D eigenvalue weighted by Gasteiger charge is 2.47. The summed E-state index contributed by atoms with van der Waals surface area (Å²) < 4.78 is 11.4. The van der Waals surface area contributed by atoms with Crippen molar-refractivity contribution in [2.24, 2.45) is 0 Å². The number of benzene rings is 4. The van der Waals surface area contributed by atoms with E-state index in [4.69, 9.17) is 21.1 Å². The van der Waals surface area contributed by atoms with Crippen molar-refractivity contribution in [2.75, 3.05) is 11.5 Å². The number of aliphatic hydroxyl groups excluding tert-OH is 1. The van der Waals surface area contributed by atoms with E-state index in [-0.39, 0.29) is 21.9 Å². The van der Waals surface area contributed by atoms with Crippen LogP contribution in [0, 0.1) is 0 Å². The molecule has 1 heterocycles. The minimum atomic E-state index is -0.988. The van der Waals surface area contributed by atoms with Crippen molar-refractivity contribution in [3.63, 3.8) is 0 Å². The Hall–Kier alpha value is -4.75. The molecule has 1 fully saturated rings. The number of ether oxygens (including phenoxy) is 2. The zero-order chi connectivity index (χ0) is 27.5. The molecule has 1 unspecified atom stereocenters. The van der Waals surface area contributed by atoms with Crippen LogP contribution in [0.4, 0.5) is 5.69 Å². The van der Waals surface area contributed by atoms with Gasteiger partial charge in [0.05, 0.1) is 23.2 Å². The summed E-state index contributed by atoms with van der Waals surface area (Å²) in [5, 5.41) is 21.5. The Morgan fingerprint density at radius 3 is 2.18 bits per heavy atom. The number of hydrogen-bond donors (Lipinski definition) is 2. The highest BCUT2D eigenvalue weighted by Crippen LogP contribution is 2.44. The molecule has 2 N–H and O–H groups in total. The van der Waals surface area contributed by atoms with E-state index >= 15 is 0 Å². The number of amides is 1. The van der Waals surface area contributed by atoms with Crippen LogP contribution in [0.15, 0.2) is 103 Å². The molecule has 5 rings (SSSR count). The lowest BCUT2D eigenvalue weighted by atomic mass is 9.95. The zero-order valence-corrected chi connectivity index (χ0v) is 21.6. The van der Waals surface area contributed by atoms with Gasteiger partial charge in [0.15, 0.2) is 0 Å². The first-order chi connectivity index (χ1) is 18.9. The van der Waals surface area contributed by atoms with E-state index in [0.29, 0.717) is 35.1 Å². The van der Waals surface area contributed by atoms with Crippen LogP contribution in [0.3, 0.4) is 0 Å². The third-order valence-electron chi connectivity index (χ3n) is 6.25. The summed E-state index contributed by atoms with van der Waals surface area (Å²) in [6.45, 7) is 2.21. The van der Waals surface area contributed by atoms with Crippen molar-refractivity contribution >= 4 is 34.7 Å². The maximum Gasteiger partial charge on any atom is 0.300 e. The van der Waals surface area contributed by atoms with Crippen LogP contribution in [-0.2, 0) is 9.59 Å². The minimum absolute atomic E-state index is 0.0191. The third-order valence-corrected chi connectivity index (χ3v) is 6.58. The minimum Gasteiger partial charge on any atom is -0.508 e. The van der Waals surface area contributed by atoms with E-state index in [9.17, 15) is 19.8 Å². The van der Waals surface area contributed by atoms with E-state index in [1.807, 2.05) is 37.3 Å². The fourth-order valence-corrected chi connectivity index (χ4v) is 4.66. The topological polar surface area (TPSA) is 96.3 Å². The molecule has 0 saturated carbocycles. The van der Waals surface area contributed by atoms with Gasteiger partial charge in [-0.3, -0.25) is 14.5 Å². The Morgan fingerprint density at radius 2 is 1.51 bits per heavy atom. The molecule has 0 radical (unpaired) electrons. The van der Waals surface area contributed by atoms with Crippen LogP contribution in [0.25, 0.3) is 5.76 Å². The molecule has 4 aromatic rings. The molecule has 1 aliphatic heterocycles. The second-order valence-electron chi connectivity index (χ2n) is 8.74. The quantitative estimate of drug-likeness (QED) is 0.151. The number of hydrogen-bond acceptors (Lipinski definition) is 6. The number of rotatable bonds is 7. The molecule has 1 aliphatic rings. The molecule has 7 nitrogen and oxygen atoms in total. The first-order valence-corrected chi connectivity index (χ1v) is 12.6. The average Bonchev–Trinajstić information content (AvgIpc) is 3.21. The number of para-hydroxylation sites is 1. The van der Waals surface area contributed by atoms with Gasteiger partial charge < -0.3 is 19.7 Å². The van der Waals surface area contributed by atoms with Gasteiger partial charge in [-0.15, -0.1) is 0 Å². The Bertz CT molecular complexity index is 1550. The van der Waals surface area contributed by atoms with Crippen molar-refractivity contribution in [1.29, 1.82) is 0 Å². The number of ketones is 1. The molecule has 0 aromatic heterocycles. The predicted octanol–water partition coefficient (Wildman–Crippen LogP) is 6.86. The number of anilines is 1. The largest absolute Gasteiger partial charge is 0.508 e. The monoisotopic (exact) mass is 541 g/mol. The molecule has 1 amide bonds. The Labute approximate surface area is 230 Å². The molecule has 0 bridgehead atoms. The van der Waals surface area contributed by atoms with Crippen LogP contribution in [0.2, 0.25) is 5.02 Å². The number of carbonyl (C=O) groups excluding carboxylic acids is 2. The second kappa shape index (κ2) is 10.9. The van der Waals surface area contributed by atoms with E-state index < -0.39 is 23.5 Å². The van der Waals surface area contributed by atoms with Gasteiger partial charge in [-0.25, -0.2) is 0 Å². The first kappa shape index (κ1) is 25.9. The Kier molecular flexibility index (Phi) is 7.25. The number of phenolic OH excluding ortho intramolecular Hbond substituents is 1. The highest BCUT2D eigenvalue weighted by molar-refractivity contribution is 6.52. The Morgan fingerprint density at radius 1 is 0.872 bits per heavy atom. The van der Waals surface area contributed by atoms with Crippen LogP contribution < -0.4 is 14.4 Å². The van der Waals surface area contributed by atoms with Gasteiger partial charge in [-0.05, 0) is 79.2 Å². The van der Waals surface area contributed by atoms with Gasteiger partial charge in [0.25, 0.3) is 11.7 Å². The van der Waals surface area contributed by atoms with Crippen LogP contribution in [0.1, 0.15) is 24.1 Å². The molecular weight excluding hydrogens is 518 g/mol. The first-order valence-electron chi connectivity index (χ1n) is 12.2. The van der Waals surface area contributed by atoms with Crippen molar-refractivity contribution in [3.8, 4) is 23.0 Å². The lowest BCUT2D eigenvalue weighted by molar-refractivity contribution is -0.132. The normalized spacial score (nSPS) is 16.4. The summed E-state index contributed by atoms with van der Waals surface area (Å²) in [6, 6.07) is 25.8. The van der Waals surface area contributed by atoms with Gasteiger partial charge >= 0.3 is 0 Å². The van der Waals surface area contributed by atoms with E-state index in [0.717, 1.165) is 0 Å². The maximum absolute atomic E-state index is 13.4. The van der Waals surface area contributed by atoms with Crippen molar-refractivity contribution in [2.45, 2.75) is 13.0 Å². The van der Waals surface area contributed by atoms with Gasteiger partial charge in [-0.1, -0.05) is 41.9 Å². The van der Waals surface area contributed by atoms with Crippen molar-refractivity contribution in [3.05, 3.63) is 119 Å². The summed E-state index contributed by atoms with van der Waals surface area (Å²) in [5.41, 5.74) is 0.959. The van der Waals surface area contributed by atoms with Crippen molar-refractivity contribution in [1.82, 2.24) is 0 Å². The van der Waals surface area contributed by atoms with Gasteiger partial charge in [0.1, 0.15) is 28.8 Å². The molecule has 196 valence electrons. The molecule has 39 heavy (non-hydrogen) atoms. The van der Waals surface area contributed by atoms with Gasteiger partial charge in [0.2, 0.25) is 0 Å². The molecule has 4 aromatic carbocycles. The van der Waals surface area contributed by atoms with E-state index in [2.05, 4.69) is 0 Å². The molecule has 8 heteroatoms. The number of halogens is 1. The zero-order valence-electron chi connectivity index (χ0n) is 20.9. The summed E-state index contributed by atoms with van der Waals surface area (Å²) in [4.78, 5) is 28.2. The Balaban J connectivity index is 1.60. The lowest BCUT2D eigenvalue weighted by Gasteiger charge is -2.25.